The lowest BCUT2D eigenvalue weighted by atomic mass is 10.2. The Bertz CT molecular complexity index is 725. The van der Waals surface area contributed by atoms with Gasteiger partial charge in [0.2, 0.25) is 0 Å². The highest BCUT2D eigenvalue weighted by Crippen LogP contribution is 2.24. The summed E-state index contributed by atoms with van der Waals surface area (Å²) in [5.41, 5.74) is 1.37. The minimum absolute atomic E-state index is 0.133. The molecule has 0 aliphatic carbocycles. The van der Waals surface area contributed by atoms with Gasteiger partial charge in [-0.3, -0.25) is 4.72 Å². The van der Waals surface area contributed by atoms with Crippen molar-refractivity contribution in [1.82, 2.24) is 0 Å². The number of aryl methyl sites for hydroxylation is 1. The number of benzene rings is 2. The lowest BCUT2D eigenvalue weighted by Crippen LogP contribution is -2.15. The van der Waals surface area contributed by atoms with Gasteiger partial charge in [0, 0.05) is 6.54 Å². The van der Waals surface area contributed by atoms with Crippen molar-refractivity contribution in [3.63, 3.8) is 0 Å². The fourth-order valence-corrected chi connectivity index (χ4v) is 3.27. The molecule has 6 heteroatoms. The van der Waals surface area contributed by atoms with Gasteiger partial charge in [0.1, 0.15) is 10.7 Å². The number of nitrogens with one attached hydrogen (secondary N) is 2. The lowest BCUT2D eigenvalue weighted by Gasteiger charge is -2.13. The van der Waals surface area contributed by atoms with E-state index in [4.69, 9.17) is 0 Å². The second-order valence-corrected chi connectivity index (χ2v) is 6.30. The van der Waals surface area contributed by atoms with Gasteiger partial charge in [-0.05, 0) is 49.7 Å². The topological polar surface area (TPSA) is 58.2 Å². The highest BCUT2D eigenvalue weighted by atomic mass is 32.2. The van der Waals surface area contributed by atoms with E-state index in [2.05, 4.69) is 10.0 Å². The molecular formula is C15H17FN2O2S. The molecule has 2 rings (SSSR count). The second kappa shape index (κ2) is 6.13. The Morgan fingerprint density at radius 2 is 1.86 bits per heavy atom. The van der Waals surface area contributed by atoms with E-state index in [1.54, 1.807) is 31.2 Å². The normalized spacial score (nSPS) is 11.2. The fraction of sp³-hybridized carbons (Fsp3) is 0.200. The summed E-state index contributed by atoms with van der Waals surface area (Å²) in [5, 5.41) is 3.00. The number of halogens is 1. The first-order valence-corrected chi connectivity index (χ1v) is 8.03. The quantitative estimate of drug-likeness (QED) is 0.890. The van der Waals surface area contributed by atoms with Crippen LogP contribution >= 0.6 is 0 Å². The van der Waals surface area contributed by atoms with E-state index in [1.807, 2.05) is 6.92 Å². The van der Waals surface area contributed by atoms with Gasteiger partial charge in [-0.2, -0.15) is 0 Å². The highest BCUT2D eigenvalue weighted by molar-refractivity contribution is 7.92. The maximum absolute atomic E-state index is 13.4. The molecular weight excluding hydrogens is 291 g/mol. The first-order valence-electron chi connectivity index (χ1n) is 6.55. The Kier molecular flexibility index (Phi) is 4.47. The molecule has 112 valence electrons. The number of hydrogen-bond donors (Lipinski definition) is 2. The predicted octanol–water partition coefficient (Wildman–Crippen LogP) is 3.37. The SMILES string of the molecule is CCNc1ccccc1S(=O)(=O)Nc1cc(C)cc(F)c1. The van der Waals surface area contributed by atoms with Crippen molar-refractivity contribution in [2.24, 2.45) is 0 Å². The Morgan fingerprint density at radius 3 is 2.52 bits per heavy atom. The zero-order chi connectivity index (χ0) is 15.5. The van der Waals surface area contributed by atoms with E-state index in [0.717, 1.165) is 6.07 Å². The van der Waals surface area contributed by atoms with Gasteiger partial charge in [0.15, 0.2) is 0 Å². The summed E-state index contributed by atoms with van der Waals surface area (Å²) in [7, 11) is -3.78. The van der Waals surface area contributed by atoms with Crippen LogP contribution in [0, 0.1) is 12.7 Å². The van der Waals surface area contributed by atoms with Crippen molar-refractivity contribution < 1.29 is 12.8 Å². The summed E-state index contributed by atoms with van der Waals surface area (Å²) in [6.45, 7) is 4.19. The smallest absolute Gasteiger partial charge is 0.263 e. The summed E-state index contributed by atoms with van der Waals surface area (Å²) in [4.78, 5) is 0.133. The van der Waals surface area contributed by atoms with Crippen LogP contribution in [-0.2, 0) is 10.0 Å². The molecule has 21 heavy (non-hydrogen) atoms. The van der Waals surface area contributed by atoms with Gasteiger partial charge >= 0.3 is 0 Å². The van der Waals surface area contributed by atoms with E-state index in [0.29, 0.717) is 17.8 Å². The summed E-state index contributed by atoms with van der Waals surface area (Å²) < 4.78 is 40.7. The van der Waals surface area contributed by atoms with E-state index in [9.17, 15) is 12.8 Å². The number of sulfonamides is 1. The summed E-state index contributed by atoms with van der Waals surface area (Å²) >= 11 is 0. The van der Waals surface area contributed by atoms with Crippen molar-refractivity contribution in [2.75, 3.05) is 16.6 Å². The molecule has 0 atom stereocenters. The third-order valence-corrected chi connectivity index (χ3v) is 4.28. The largest absolute Gasteiger partial charge is 0.384 e. The second-order valence-electron chi connectivity index (χ2n) is 4.65. The van der Waals surface area contributed by atoms with Crippen LogP contribution in [0.5, 0.6) is 0 Å². The number of rotatable bonds is 5. The molecule has 0 aromatic heterocycles. The predicted molar refractivity (Wildman–Crippen MR) is 82.6 cm³/mol. The van der Waals surface area contributed by atoms with Crippen LogP contribution in [0.2, 0.25) is 0 Å². The maximum Gasteiger partial charge on any atom is 0.263 e. The molecule has 0 heterocycles. The van der Waals surface area contributed by atoms with Crippen LogP contribution in [-0.4, -0.2) is 15.0 Å². The van der Waals surface area contributed by atoms with Gasteiger partial charge in [-0.1, -0.05) is 12.1 Å². The molecule has 0 saturated carbocycles. The Labute approximate surface area is 124 Å². The molecule has 2 aromatic carbocycles. The van der Waals surface area contributed by atoms with E-state index >= 15 is 0 Å². The van der Waals surface area contributed by atoms with Crippen LogP contribution in [0.25, 0.3) is 0 Å². The first kappa shape index (κ1) is 15.3. The zero-order valence-electron chi connectivity index (χ0n) is 11.9. The van der Waals surface area contributed by atoms with Gasteiger partial charge in [-0.25, -0.2) is 12.8 Å². The average Bonchev–Trinajstić information content (AvgIpc) is 2.37. The van der Waals surface area contributed by atoms with Crippen molar-refractivity contribution >= 4 is 21.4 Å². The van der Waals surface area contributed by atoms with Gasteiger partial charge in [0.05, 0.1) is 11.4 Å². The van der Waals surface area contributed by atoms with Crippen molar-refractivity contribution in [3.8, 4) is 0 Å². The zero-order valence-corrected chi connectivity index (χ0v) is 12.7. The van der Waals surface area contributed by atoms with E-state index in [1.165, 1.54) is 12.1 Å². The molecule has 0 saturated heterocycles. The first-order chi connectivity index (χ1) is 9.92. The van der Waals surface area contributed by atoms with Crippen LogP contribution < -0.4 is 10.0 Å². The van der Waals surface area contributed by atoms with Crippen LogP contribution in [0.3, 0.4) is 0 Å². The third kappa shape index (κ3) is 3.72. The number of hydrogen-bond acceptors (Lipinski definition) is 3. The monoisotopic (exact) mass is 308 g/mol. The Hall–Kier alpha value is -2.08. The molecule has 0 amide bonds. The maximum atomic E-state index is 13.4. The molecule has 0 radical (unpaired) electrons. The van der Waals surface area contributed by atoms with Crippen LogP contribution in [0.4, 0.5) is 15.8 Å². The third-order valence-electron chi connectivity index (χ3n) is 2.84. The van der Waals surface area contributed by atoms with E-state index < -0.39 is 15.8 Å². The summed E-state index contributed by atoms with van der Waals surface area (Å²) in [6.07, 6.45) is 0. The molecule has 0 aliphatic heterocycles. The molecule has 0 spiro atoms. The van der Waals surface area contributed by atoms with Crippen molar-refractivity contribution in [3.05, 3.63) is 53.8 Å². The van der Waals surface area contributed by atoms with Crippen LogP contribution in [0.1, 0.15) is 12.5 Å². The molecule has 2 N–H and O–H groups in total. The van der Waals surface area contributed by atoms with Gasteiger partial charge in [0.25, 0.3) is 10.0 Å². The summed E-state index contributed by atoms with van der Waals surface area (Å²) in [6, 6.07) is 10.7. The number of para-hydroxylation sites is 1. The standard InChI is InChI=1S/C15H17FN2O2S/c1-3-17-14-6-4-5-7-15(14)21(19,20)18-13-9-11(2)8-12(16)10-13/h4-10,17-18H,3H2,1-2H3. The summed E-state index contributed by atoms with van der Waals surface area (Å²) in [5.74, 6) is -0.479. The van der Waals surface area contributed by atoms with Crippen molar-refractivity contribution in [2.45, 2.75) is 18.7 Å². The molecule has 0 fully saturated rings. The minimum atomic E-state index is -3.78. The van der Waals surface area contributed by atoms with E-state index in [-0.39, 0.29) is 10.6 Å². The Morgan fingerprint density at radius 1 is 1.14 bits per heavy atom. The molecule has 2 aromatic rings. The van der Waals surface area contributed by atoms with Crippen LogP contribution in [0.15, 0.2) is 47.4 Å². The Balaban J connectivity index is 2.38. The van der Waals surface area contributed by atoms with Gasteiger partial charge < -0.3 is 5.32 Å². The average molecular weight is 308 g/mol. The minimum Gasteiger partial charge on any atom is -0.384 e. The lowest BCUT2D eigenvalue weighted by molar-refractivity contribution is 0.601. The highest BCUT2D eigenvalue weighted by Gasteiger charge is 2.18. The molecule has 0 unspecified atom stereocenters. The molecule has 0 bridgehead atoms. The molecule has 4 nitrogen and oxygen atoms in total. The molecule has 0 aliphatic rings. The number of anilines is 2. The van der Waals surface area contributed by atoms with Crippen molar-refractivity contribution in [1.29, 1.82) is 0 Å². The van der Waals surface area contributed by atoms with Gasteiger partial charge in [-0.15, -0.1) is 0 Å². The fourth-order valence-electron chi connectivity index (χ4n) is 2.04.